The second-order valence-electron chi connectivity index (χ2n) is 6.34. The fourth-order valence-corrected chi connectivity index (χ4v) is 3.97. The maximum Gasteiger partial charge on any atom is 0.191 e. The molecule has 0 N–H and O–H groups in total. The topological polar surface area (TPSA) is 48.0 Å². The van der Waals surface area contributed by atoms with Crippen LogP contribution in [-0.4, -0.2) is 24.1 Å². The molecule has 0 atom stereocenters. The van der Waals surface area contributed by atoms with Crippen LogP contribution in [0.5, 0.6) is 0 Å². The number of hydrogen-bond donors (Lipinski definition) is 0. The lowest BCUT2D eigenvalue weighted by Gasteiger charge is -2.07. The van der Waals surface area contributed by atoms with Gasteiger partial charge >= 0.3 is 0 Å². The lowest BCUT2D eigenvalue weighted by molar-refractivity contribution is 0.687. The van der Waals surface area contributed by atoms with E-state index in [-0.39, 0.29) is 0 Å². The summed E-state index contributed by atoms with van der Waals surface area (Å²) in [5, 5.41) is 9.78. The van der Waals surface area contributed by atoms with Crippen molar-refractivity contribution in [2.45, 2.75) is 38.2 Å². The second-order valence-corrected chi connectivity index (χ2v) is 7.28. The Bertz CT molecular complexity index is 1060. The molecule has 5 nitrogen and oxygen atoms in total. The van der Waals surface area contributed by atoms with E-state index in [4.69, 9.17) is 4.98 Å². The fraction of sp³-hybridized carbons (Fsp3) is 0.250. The van der Waals surface area contributed by atoms with Crippen LogP contribution in [0.2, 0.25) is 0 Å². The monoisotopic (exact) mass is 363 g/mol. The zero-order chi connectivity index (χ0) is 18.1. The molecule has 0 radical (unpaired) electrons. The van der Waals surface area contributed by atoms with Crippen molar-refractivity contribution >= 4 is 17.4 Å². The molecule has 0 bridgehead atoms. The van der Waals surface area contributed by atoms with Crippen LogP contribution < -0.4 is 0 Å². The SMILES string of the molecule is CCn1c(SCc2cn3c(C)cccc3n2)nnc1-c1cccc(C)c1. The Labute approximate surface area is 157 Å². The van der Waals surface area contributed by atoms with Gasteiger partial charge in [0, 0.05) is 29.8 Å². The van der Waals surface area contributed by atoms with E-state index >= 15 is 0 Å². The van der Waals surface area contributed by atoms with Crippen LogP contribution in [-0.2, 0) is 12.3 Å². The van der Waals surface area contributed by atoms with Crippen molar-refractivity contribution < 1.29 is 0 Å². The van der Waals surface area contributed by atoms with Crippen LogP contribution in [0, 0.1) is 13.8 Å². The summed E-state index contributed by atoms with van der Waals surface area (Å²) in [5.74, 6) is 1.69. The number of imidazole rings is 1. The van der Waals surface area contributed by atoms with Crippen molar-refractivity contribution in [2.24, 2.45) is 0 Å². The number of pyridine rings is 1. The number of thioether (sulfide) groups is 1. The molecule has 0 aliphatic heterocycles. The summed E-state index contributed by atoms with van der Waals surface area (Å²) in [6.45, 7) is 7.15. The average molecular weight is 363 g/mol. The molecule has 4 rings (SSSR count). The van der Waals surface area contributed by atoms with Crippen LogP contribution in [0.4, 0.5) is 0 Å². The van der Waals surface area contributed by atoms with E-state index in [9.17, 15) is 0 Å². The van der Waals surface area contributed by atoms with Crippen molar-refractivity contribution in [3.8, 4) is 11.4 Å². The zero-order valence-corrected chi connectivity index (χ0v) is 16.0. The summed E-state index contributed by atoms with van der Waals surface area (Å²) < 4.78 is 4.29. The van der Waals surface area contributed by atoms with Gasteiger partial charge in [-0.1, -0.05) is 41.6 Å². The van der Waals surface area contributed by atoms with Gasteiger partial charge in [-0.2, -0.15) is 0 Å². The predicted octanol–water partition coefficient (Wildman–Crippen LogP) is 4.52. The third kappa shape index (κ3) is 3.12. The first-order chi connectivity index (χ1) is 12.7. The van der Waals surface area contributed by atoms with E-state index in [0.29, 0.717) is 0 Å². The Hall–Kier alpha value is -2.60. The number of aromatic nitrogens is 5. The summed E-state index contributed by atoms with van der Waals surface area (Å²) in [7, 11) is 0. The van der Waals surface area contributed by atoms with Gasteiger partial charge in [0.1, 0.15) is 5.65 Å². The number of nitrogens with zero attached hydrogens (tertiary/aromatic N) is 5. The van der Waals surface area contributed by atoms with E-state index in [0.717, 1.165) is 40.2 Å². The highest BCUT2D eigenvalue weighted by Gasteiger charge is 2.14. The molecule has 0 fully saturated rings. The molecule has 0 saturated heterocycles. The number of benzene rings is 1. The van der Waals surface area contributed by atoms with Crippen LogP contribution in [0.25, 0.3) is 17.0 Å². The Kier molecular flexibility index (Phi) is 4.51. The molecular formula is C20H21N5S. The van der Waals surface area contributed by atoms with Crippen LogP contribution in [0.1, 0.15) is 23.9 Å². The zero-order valence-electron chi connectivity index (χ0n) is 15.2. The summed E-state index contributed by atoms with van der Waals surface area (Å²) in [5.41, 5.74) is 5.55. The second kappa shape index (κ2) is 6.96. The third-order valence-corrected chi connectivity index (χ3v) is 5.40. The van der Waals surface area contributed by atoms with Crippen molar-refractivity contribution in [3.63, 3.8) is 0 Å². The van der Waals surface area contributed by atoms with Gasteiger partial charge in [-0.05, 0) is 39.0 Å². The fourth-order valence-electron chi connectivity index (χ4n) is 3.09. The van der Waals surface area contributed by atoms with Crippen molar-refractivity contribution in [1.82, 2.24) is 24.1 Å². The Morgan fingerprint density at radius 2 is 1.88 bits per heavy atom. The molecule has 26 heavy (non-hydrogen) atoms. The highest BCUT2D eigenvalue weighted by Crippen LogP contribution is 2.26. The molecule has 132 valence electrons. The van der Waals surface area contributed by atoms with Gasteiger partial charge in [-0.25, -0.2) is 4.98 Å². The molecule has 0 aliphatic rings. The highest BCUT2D eigenvalue weighted by atomic mass is 32.2. The van der Waals surface area contributed by atoms with E-state index in [1.165, 1.54) is 11.3 Å². The smallest absolute Gasteiger partial charge is 0.191 e. The quantitative estimate of drug-likeness (QED) is 0.489. The Balaban J connectivity index is 1.59. The van der Waals surface area contributed by atoms with Gasteiger partial charge in [0.05, 0.1) is 5.69 Å². The summed E-state index contributed by atoms with van der Waals surface area (Å²) in [6, 6.07) is 14.6. The molecule has 3 heterocycles. The van der Waals surface area contributed by atoms with Gasteiger partial charge in [-0.15, -0.1) is 10.2 Å². The van der Waals surface area contributed by atoms with E-state index in [1.807, 2.05) is 12.1 Å². The molecule has 0 aliphatic carbocycles. The van der Waals surface area contributed by atoms with Gasteiger partial charge in [0.15, 0.2) is 11.0 Å². The molecule has 0 unspecified atom stereocenters. The van der Waals surface area contributed by atoms with Gasteiger partial charge in [0.25, 0.3) is 0 Å². The van der Waals surface area contributed by atoms with E-state index < -0.39 is 0 Å². The van der Waals surface area contributed by atoms with Crippen molar-refractivity contribution in [1.29, 1.82) is 0 Å². The van der Waals surface area contributed by atoms with Crippen LogP contribution >= 0.6 is 11.8 Å². The lowest BCUT2D eigenvalue weighted by atomic mass is 10.1. The minimum atomic E-state index is 0.771. The molecule has 0 saturated carbocycles. The highest BCUT2D eigenvalue weighted by molar-refractivity contribution is 7.98. The molecule has 0 amide bonds. The van der Waals surface area contributed by atoms with Crippen LogP contribution in [0.3, 0.4) is 0 Å². The molecule has 0 spiro atoms. The van der Waals surface area contributed by atoms with Gasteiger partial charge in [-0.3, -0.25) is 0 Å². The maximum atomic E-state index is 4.71. The Morgan fingerprint density at radius 3 is 2.65 bits per heavy atom. The molecule has 6 heteroatoms. The first-order valence-corrected chi connectivity index (χ1v) is 9.71. The van der Waals surface area contributed by atoms with Gasteiger partial charge < -0.3 is 8.97 Å². The minimum absolute atomic E-state index is 0.771. The maximum absolute atomic E-state index is 4.71. The summed E-state index contributed by atoms with van der Waals surface area (Å²) in [6.07, 6.45) is 2.10. The number of rotatable bonds is 5. The normalized spacial score (nSPS) is 11.3. The lowest BCUT2D eigenvalue weighted by Crippen LogP contribution is -2.00. The summed E-state index contributed by atoms with van der Waals surface area (Å²) in [4.78, 5) is 4.71. The molecular weight excluding hydrogens is 342 g/mol. The van der Waals surface area contributed by atoms with E-state index in [1.54, 1.807) is 11.8 Å². The van der Waals surface area contributed by atoms with Gasteiger partial charge in [0.2, 0.25) is 0 Å². The molecule has 3 aromatic heterocycles. The third-order valence-electron chi connectivity index (χ3n) is 4.40. The first-order valence-electron chi connectivity index (χ1n) is 8.72. The van der Waals surface area contributed by atoms with Crippen molar-refractivity contribution in [2.75, 3.05) is 0 Å². The first kappa shape index (κ1) is 16.8. The minimum Gasteiger partial charge on any atom is -0.304 e. The number of hydrogen-bond acceptors (Lipinski definition) is 4. The Morgan fingerprint density at radius 1 is 1.04 bits per heavy atom. The predicted molar refractivity (Wildman–Crippen MR) is 105 cm³/mol. The largest absolute Gasteiger partial charge is 0.304 e. The van der Waals surface area contributed by atoms with Crippen LogP contribution in [0.15, 0.2) is 53.8 Å². The number of fused-ring (bicyclic) bond motifs is 1. The van der Waals surface area contributed by atoms with E-state index in [2.05, 4.69) is 76.5 Å². The standard InChI is InChI=1S/C20H21N5S/c1-4-24-19(16-9-5-7-14(2)11-16)22-23-20(24)26-13-17-12-25-15(3)8-6-10-18(25)21-17/h5-12H,4,13H2,1-3H3. The molecule has 4 aromatic rings. The number of aryl methyl sites for hydroxylation is 2. The summed E-state index contributed by atoms with van der Waals surface area (Å²) >= 11 is 1.68. The van der Waals surface area contributed by atoms with Crippen molar-refractivity contribution in [3.05, 3.63) is 65.6 Å². The molecule has 1 aromatic carbocycles. The average Bonchev–Trinajstić information content (AvgIpc) is 3.24.